The number of aromatic nitrogens is 2. The highest BCUT2D eigenvalue weighted by Gasteiger charge is 2.16. The quantitative estimate of drug-likeness (QED) is 0.781. The van der Waals surface area contributed by atoms with Gasteiger partial charge in [0.2, 0.25) is 0 Å². The van der Waals surface area contributed by atoms with E-state index in [9.17, 15) is 12.8 Å². The predicted octanol–water partition coefficient (Wildman–Crippen LogP) is 2.81. The number of H-pyrrole nitrogens is 1. The molecule has 0 radical (unpaired) electrons. The number of benzene rings is 2. The van der Waals surface area contributed by atoms with Crippen molar-refractivity contribution in [1.29, 1.82) is 0 Å². The normalized spacial score (nSPS) is 11.7. The molecular formula is C14H12FN3O2S. The van der Waals surface area contributed by atoms with Crippen molar-refractivity contribution < 1.29 is 12.8 Å². The summed E-state index contributed by atoms with van der Waals surface area (Å²) < 4.78 is 40.4. The Balaban J connectivity index is 1.96. The van der Waals surface area contributed by atoms with Crippen LogP contribution in [0.25, 0.3) is 10.9 Å². The summed E-state index contributed by atoms with van der Waals surface area (Å²) in [5, 5.41) is 7.43. The highest BCUT2D eigenvalue weighted by atomic mass is 32.2. The number of hydrogen-bond donors (Lipinski definition) is 2. The van der Waals surface area contributed by atoms with Crippen LogP contribution in [0.5, 0.6) is 0 Å². The zero-order valence-corrected chi connectivity index (χ0v) is 11.9. The Hall–Kier alpha value is -2.41. The summed E-state index contributed by atoms with van der Waals surface area (Å²) in [7, 11) is -3.82. The second-order valence-corrected chi connectivity index (χ2v) is 6.37. The standard InChI is InChI=1S/C14H12FN3O2S/c1-9-2-4-12(7-13(9)15)21(19,20)18-11-3-5-14-10(6-11)8-16-17-14/h2-8,18H,1H3,(H,16,17). The number of halogens is 1. The van der Waals surface area contributed by atoms with E-state index in [2.05, 4.69) is 14.9 Å². The monoisotopic (exact) mass is 305 g/mol. The second-order valence-electron chi connectivity index (χ2n) is 4.69. The van der Waals surface area contributed by atoms with Gasteiger partial charge in [0.1, 0.15) is 5.82 Å². The van der Waals surface area contributed by atoms with Crippen LogP contribution in [0.4, 0.5) is 10.1 Å². The molecule has 0 spiro atoms. The second kappa shape index (κ2) is 4.85. The van der Waals surface area contributed by atoms with Gasteiger partial charge in [-0.25, -0.2) is 12.8 Å². The van der Waals surface area contributed by atoms with Gasteiger partial charge in [0.25, 0.3) is 10.0 Å². The first-order valence-corrected chi connectivity index (χ1v) is 7.66. The molecule has 0 bridgehead atoms. The van der Waals surface area contributed by atoms with Gasteiger partial charge < -0.3 is 0 Å². The van der Waals surface area contributed by atoms with Crippen LogP contribution in [0, 0.1) is 12.7 Å². The molecule has 0 saturated heterocycles. The van der Waals surface area contributed by atoms with E-state index in [1.165, 1.54) is 12.1 Å². The third-order valence-corrected chi connectivity index (χ3v) is 4.52. The van der Waals surface area contributed by atoms with Gasteiger partial charge in [-0.15, -0.1) is 0 Å². The number of aryl methyl sites for hydroxylation is 1. The highest BCUT2D eigenvalue weighted by Crippen LogP contribution is 2.21. The number of nitrogens with zero attached hydrogens (tertiary/aromatic N) is 1. The van der Waals surface area contributed by atoms with Crippen LogP contribution in [-0.2, 0) is 10.0 Å². The van der Waals surface area contributed by atoms with Gasteiger partial charge in [-0.2, -0.15) is 5.10 Å². The van der Waals surface area contributed by atoms with Gasteiger partial charge >= 0.3 is 0 Å². The summed E-state index contributed by atoms with van der Waals surface area (Å²) in [5.41, 5.74) is 1.60. The molecular weight excluding hydrogens is 293 g/mol. The minimum atomic E-state index is -3.82. The fraction of sp³-hybridized carbons (Fsp3) is 0.0714. The van der Waals surface area contributed by atoms with Gasteiger partial charge in [-0.3, -0.25) is 9.82 Å². The fourth-order valence-corrected chi connectivity index (χ4v) is 3.02. The van der Waals surface area contributed by atoms with Crippen LogP contribution in [0.3, 0.4) is 0 Å². The lowest BCUT2D eigenvalue weighted by Crippen LogP contribution is -2.13. The topological polar surface area (TPSA) is 74.8 Å². The van der Waals surface area contributed by atoms with E-state index in [0.29, 0.717) is 11.3 Å². The molecule has 2 N–H and O–H groups in total. The van der Waals surface area contributed by atoms with Crippen molar-refractivity contribution in [3.63, 3.8) is 0 Å². The molecule has 0 aliphatic rings. The Morgan fingerprint density at radius 1 is 1.19 bits per heavy atom. The van der Waals surface area contributed by atoms with Crippen molar-refractivity contribution in [1.82, 2.24) is 10.2 Å². The van der Waals surface area contributed by atoms with Gasteiger partial charge in [0.05, 0.1) is 16.6 Å². The van der Waals surface area contributed by atoms with Crippen LogP contribution in [0.1, 0.15) is 5.56 Å². The van der Waals surface area contributed by atoms with Crippen molar-refractivity contribution in [2.24, 2.45) is 0 Å². The fourth-order valence-electron chi connectivity index (χ4n) is 1.96. The number of anilines is 1. The zero-order valence-electron chi connectivity index (χ0n) is 11.1. The van der Waals surface area contributed by atoms with E-state index in [-0.39, 0.29) is 4.90 Å². The van der Waals surface area contributed by atoms with E-state index in [4.69, 9.17) is 0 Å². The number of aromatic amines is 1. The van der Waals surface area contributed by atoms with Crippen LogP contribution in [0.2, 0.25) is 0 Å². The molecule has 21 heavy (non-hydrogen) atoms. The Kier molecular flexibility index (Phi) is 3.13. The molecule has 7 heteroatoms. The first kappa shape index (κ1) is 13.6. The average molecular weight is 305 g/mol. The molecule has 1 aromatic heterocycles. The Labute approximate surface area is 120 Å². The highest BCUT2D eigenvalue weighted by molar-refractivity contribution is 7.92. The van der Waals surface area contributed by atoms with Crippen molar-refractivity contribution in [2.45, 2.75) is 11.8 Å². The number of sulfonamides is 1. The van der Waals surface area contributed by atoms with Crippen LogP contribution < -0.4 is 4.72 Å². The van der Waals surface area contributed by atoms with Crippen LogP contribution >= 0.6 is 0 Å². The average Bonchev–Trinajstić information content (AvgIpc) is 2.88. The molecule has 0 aliphatic carbocycles. The van der Waals surface area contributed by atoms with Crippen molar-refractivity contribution in [3.8, 4) is 0 Å². The molecule has 2 aromatic carbocycles. The number of hydrogen-bond acceptors (Lipinski definition) is 3. The third-order valence-electron chi connectivity index (χ3n) is 3.15. The summed E-state index contributed by atoms with van der Waals surface area (Å²) in [6.45, 7) is 1.58. The predicted molar refractivity (Wildman–Crippen MR) is 78.0 cm³/mol. The summed E-state index contributed by atoms with van der Waals surface area (Å²) in [5.74, 6) is -0.553. The van der Waals surface area contributed by atoms with Gasteiger partial charge in [-0.1, -0.05) is 6.07 Å². The number of fused-ring (bicyclic) bond motifs is 1. The maximum atomic E-state index is 13.5. The largest absolute Gasteiger partial charge is 0.280 e. The third kappa shape index (κ3) is 2.59. The number of nitrogens with one attached hydrogen (secondary N) is 2. The SMILES string of the molecule is Cc1ccc(S(=O)(=O)Nc2ccc3[nH]ncc3c2)cc1F. The molecule has 1 heterocycles. The smallest absolute Gasteiger partial charge is 0.261 e. The maximum Gasteiger partial charge on any atom is 0.261 e. The Bertz CT molecular complexity index is 919. The molecule has 0 atom stereocenters. The van der Waals surface area contributed by atoms with Crippen molar-refractivity contribution in [3.05, 3.63) is 54.0 Å². The maximum absolute atomic E-state index is 13.5. The summed E-state index contributed by atoms with van der Waals surface area (Å²) in [6.07, 6.45) is 1.60. The Morgan fingerprint density at radius 3 is 2.76 bits per heavy atom. The first-order chi connectivity index (χ1) is 9.95. The zero-order chi connectivity index (χ0) is 15.0. The molecule has 0 aliphatic heterocycles. The molecule has 0 unspecified atom stereocenters. The molecule has 108 valence electrons. The van der Waals surface area contributed by atoms with E-state index < -0.39 is 15.8 Å². The molecule has 0 saturated carbocycles. The van der Waals surface area contributed by atoms with Crippen molar-refractivity contribution in [2.75, 3.05) is 4.72 Å². The van der Waals surface area contributed by atoms with Crippen LogP contribution in [-0.4, -0.2) is 18.6 Å². The molecule has 5 nitrogen and oxygen atoms in total. The van der Waals surface area contributed by atoms with Gasteiger partial charge in [-0.05, 0) is 42.8 Å². The summed E-state index contributed by atoms with van der Waals surface area (Å²) in [6, 6.07) is 8.80. The van der Waals surface area contributed by atoms with Crippen LogP contribution in [0.15, 0.2) is 47.5 Å². The van der Waals surface area contributed by atoms with Gasteiger partial charge in [0, 0.05) is 11.1 Å². The molecule has 3 rings (SSSR count). The minimum Gasteiger partial charge on any atom is -0.280 e. The van der Waals surface area contributed by atoms with Crippen molar-refractivity contribution >= 4 is 26.6 Å². The molecule has 3 aromatic rings. The number of rotatable bonds is 3. The lowest BCUT2D eigenvalue weighted by molar-refractivity contribution is 0.593. The van der Waals surface area contributed by atoms with E-state index in [1.54, 1.807) is 31.3 Å². The molecule has 0 amide bonds. The minimum absolute atomic E-state index is 0.113. The Morgan fingerprint density at radius 2 is 2.00 bits per heavy atom. The lowest BCUT2D eigenvalue weighted by atomic mass is 10.2. The summed E-state index contributed by atoms with van der Waals surface area (Å²) >= 11 is 0. The van der Waals surface area contributed by atoms with Gasteiger partial charge in [0.15, 0.2) is 0 Å². The lowest BCUT2D eigenvalue weighted by Gasteiger charge is -2.09. The molecule has 0 fully saturated rings. The first-order valence-electron chi connectivity index (χ1n) is 6.18. The van der Waals surface area contributed by atoms with E-state index >= 15 is 0 Å². The summed E-state index contributed by atoms with van der Waals surface area (Å²) in [4.78, 5) is -0.113. The van der Waals surface area contributed by atoms with E-state index in [0.717, 1.165) is 17.0 Å². The van der Waals surface area contributed by atoms with E-state index in [1.807, 2.05) is 0 Å².